The van der Waals surface area contributed by atoms with Crippen LogP contribution < -0.4 is 0 Å². The normalized spacial score (nSPS) is 24.0. The molecule has 1 N–H and O–H groups in total. The van der Waals surface area contributed by atoms with Crippen molar-refractivity contribution in [3.8, 4) is 0 Å². The Morgan fingerprint density at radius 2 is 2.11 bits per heavy atom. The molecular formula is C12H22N2O4. The highest BCUT2D eigenvalue weighted by atomic mass is 16.6. The lowest BCUT2D eigenvalue weighted by molar-refractivity contribution is -0.525. The average molecular weight is 258 g/mol. The van der Waals surface area contributed by atoms with Gasteiger partial charge in [0.15, 0.2) is 0 Å². The van der Waals surface area contributed by atoms with Crippen molar-refractivity contribution >= 4 is 5.91 Å². The van der Waals surface area contributed by atoms with E-state index in [9.17, 15) is 14.9 Å². The van der Waals surface area contributed by atoms with E-state index in [1.807, 2.05) is 13.8 Å². The molecule has 1 fully saturated rings. The van der Waals surface area contributed by atoms with Gasteiger partial charge in [0.25, 0.3) is 0 Å². The van der Waals surface area contributed by atoms with Crippen LogP contribution in [0.2, 0.25) is 0 Å². The maximum absolute atomic E-state index is 11.8. The molecule has 0 saturated carbocycles. The van der Waals surface area contributed by atoms with E-state index in [0.29, 0.717) is 13.0 Å². The van der Waals surface area contributed by atoms with Gasteiger partial charge in [0.05, 0.1) is 6.42 Å². The van der Waals surface area contributed by atoms with Crippen molar-refractivity contribution in [1.82, 2.24) is 4.90 Å². The standard InChI is InChI=1S/C12H22N2O4/c1-9(2)12-10(14(17)18)8-11(16)13(12)6-4-3-5-7-15/h9-10,12,15H,3-8H2,1-2H3/t10-,12+/m1/s1. The Morgan fingerprint density at radius 1 is 1.44 bits per heavy atom. The third kappa shape index (κ3) is 3.41. The van der Waals surface area contributed by atoms with Crippen molar-refractivity contribution in [2.45, 2.75) is 51.6 Å². The first kappa shape index (κ1) is 14.9. The number of amides is 1. The van der Waals surface area contributed by atoms with Crippen LogP contribution in [-0.2, 0) is 4.79 Å². The molecule has 0 aromatic heterocycles. The van der Waals surface area contributed by atoms with Crippen molar-refractivity contribution in [3.63, 3.8) is 0 Å². The van der Waals surface area contributed by atoms with Gasteiger partial charge in [0, 0.05) is 18.1 Å². The molecule has 0 radical (unpaired) electrons. The largest absolute Gasteiger partial charge is 0.396 e. The average Bonchev–Trinajstić information content (AvgIpc) is 2.62. The van der Waals surface area contributed by atoms with Crippen molar-refractivity contribution in [2.24, 2.45) is 5.92 Å². The molecule has 0 aromatic rings. The van der Waals surface area contributed by atoms with Gasteiger partial charge in [-0.05, 0) is 25.2 Å². The number of hydrogen-bond donors (Lipinski definition) is 1. The van der Waals surface area contributed by atoms with Crippen LogP contribution in [0.3, 0.4) is 0 Å². The minimum Gasteiger partial charge on any atom is -0.396 e. The molecule has 1 aliphatic heterocycles. The van der Waals surface area contributed by atoms with Crippen molar-refractivity contribution < 1.29 is 14.8 Å². The molecule has 18 heavy (non-hydrogen) atoms. The van der Waals surface area contributed by atoms with Crippen molar-refractivity contribution in [1.29, 1.82) is 0 Å². The second-order valence-corrected chi connectivity index (χ2v) is 5.16. The summed E-state index contributed by atoms with van der Waals surface area (Å²) in [6.45, 7) is 4.55. The summed E-state index contributed by atoms with van der Waals surface area (Å²) in [5, 5.41) is 19.7. The first-order chi connectivity index (χ1) is 8.49. The monoisotopic (exact) mass is 258 g/mol. The summed E-state index contributed by atoms with van der Waals surface area (Å²) in [5.74, 6) is -0.0240. The SMILES string of the molecule is CC(C)[C@H]1[C@H]([N+](=O)[O-])CC(=O)N1CCCCCO. The van der Waals surface area contributed by atoms with E-state index in [1.54, 1.807) is 4.90 Å². The van der Waals surface area contributed by atoms with Crippen LogP contribution >= 0.6 is 0 Å². The highest BCUT2D eigenvalue weighted by Crippen LogP contribution is 2.27. The Labute approximate surface area is 107 Å². The lowest BCUT2D eigenvalue weighted by atomic mass is 9.97. The molecule has 104 valence electrons. The Kier molecular flexibility index (Phi) is 5.53. The summed E-state index contributed by atoms with van der Waals surface area (Å²) in [6.07, 6.45) is 2.37. The van der Waals surface area contributed by atoms with E-state index < -0.39 is 6.04 Å². The van der Waals surface area contributed by atoms with Gasteiger partial charge in [-0.3, -0.25) is 14.9 Å². The molecule has 1 aliphatic rings. The predicted octanol–water partition coefficient (Wildman–Crippen LogP) is 1.05. The lowest BCUT2D eigenvalue weighted by Crippen LogP contribution is -2.43. The zero-order valence-electron chi connectivity index (χ0n) is 11.0. The number of nitro groups is 1. The van der Waals surface area contributed by atoms with Gasteiger partial charge >= 0.3 is 0 Å². The number of carbonyl (C=O) groups excluding carboxylic acids is 1. The van der Waals surface area contributed by atoms with Gasteiger partial charge in [-0.2, -0.15) is 0 Å². The highest BCUT2D eigenvalue weighted by Gasteiger charge is 2.48. The van der Waals surface area contributed by atoms with Gasteiger partial charge in [-0.1, -0.05) is 13.8 Å². The van der Waals surface area contributed by atoms with Crippen LogP contribution in [0.4, 0.5) is 0 Å². The minimum absolute atomic E-state index is 0.0237. The maximum atomic E-state index is 11.8. The number of unbranched alkanes of at least 4 members (excludes halogenated alkanes) is 2. The van der Waals surface area contributed by atoms with Gasteiger partial charge in [-0.15, -0.1) is 0 Å². The van der Waals surface area contributed by atoms with E-state index >= 15 is 0 Å². The molecule has 0 unspecified atom stereocenters. The zero-order valence-corrected chi connectivity index (χ0v) is 11.0. The summed E-state index contributed by atoms with van der Waals surface area (Å²) < 4.78 is 0. The highest BCUT2D eigenvalue weighted by molar-refractivity contribution is 5.79. The Bertz CT molecular complexity index is 306. The summed E-state index contributed by atoms with van der Waals surface area (Å²) >= 11 is 0. The maximum Gasteiger partial charge on any atom is 0.242 e. The number of aliphatic hydroxyl groups is 1. The summed E-state index contributed by atoms with van der Waals surface area (Å²) in [4.78, 5) is 24.2. The minimum atomic E-state index is -0.768. The number of likely N-dealkylation sites (tertiary alicyclic amines) is 1. The molecule has 0 bridgehead atoms. The van der Waals surface area contributed by atoms with Crippen LogP contribution in [0, 0.1) is 16.0 Å². The summed E-state index contributed by atoms with van der Waals surface area (Å²) in [6, 6.07) is -1.06. The fourth-order valence-electron chi connectivity index (χ4n) is 2.64. The third-order valence-corrected chi connectivity index (χ3v) is 3.47. The zero-order chi connectivity index (χ0) is 13.7. The fourth-order valence-corrected chi connectivity index (χ4v) is 2.64. The van der Waals surface area contributed by atoms with Crippen molar-refractivity contribution in [2.75, 3.05) is 13.2 Å². The molecular weight excluding hydrogens is 236 g/mol. The first-order valence-corrected chi connectivity index (χ1v) is 6.52. The van der Waals surface area contributed by atoms with Crippen LogP contribution in [0.1, 0.15) is 39.5 Å². The van der Waals surface area contributed by atoms with Gasteiger partial charge < -0.3 is 10.0 Å². The molecule has 1 heterocycles. The molecule has 0 aliphatic carbocycles. The lowest BCUT2D eigenvalue weighted by Gasteiger charge is -2.27. The molecule has 2 atom stereocenters. The van der Waals surface area contributed by atoms with Crippen molar-refractivity contribution in [3.05, 3.63) is 10.1 Å². The van der Waals surface area contributed by atoms with Crippen LogP contribution in [0.5, 0.6) is 0 Å². The van der Waals surface area contributed by atoms with E-state index in [-0.39, 0.29) is 35.8 Å². The number of hydrogen-bond acceptors (Lipinski definition) is 4. The number of aliphatic hydroxyl groups excluding tert-OH is 1. The topological polar surface area (TPSA) is 83.7 Å². The van der Waals surface area contributed by atoms with E-state index in [1.165, 1.54) is 0 Å². The van der Waals surface area contributed by atoms with Gasteiger partial charge in [-0.25, -0.2) is 0 Å². The summed E-state index contributed by atoms with van der Waals surface area (Å²) in [5.41, 5.74) is 0. The molecule has 6 heteroatoms. The molecule has 1 rings (SSSR count). The van der Waals surface area contributed by atoms with Crippen LogP contribution in [0.15, 0.2) is 0 Å². The predicted molar refractivity (Wildman–Crippen MR) is 66.7 cm³/mol. The second kappa shape index (κ2) is 6.68. The molecule has 1 amide bonds. The van der Waals surface area contributed by atoms with Crippen LogP contribution in [0.25, 0.3) is 0 Å². The van der Waals surface area contributed by atoms with Crippen LogP contribution in [-0.4, -0.2) is 46.1 Å². The molecule has 0 spiro atoms. The van der Waals surface area contributed by atoms with Gasteiger partial charge in [0.1, 0.15) is 6.04 Å². The molecule has 1 saturated heterocycles. The summed E-state index contributed by atoms with van der Waals surface area (Å²) in [7, 11) is 0. The Hall–Kier alpha value is -1.17. The van der Waals surface area contributed by atoms with E-state index in [4.69, 9.17) is 5.11 Å². The second-order valence-electron chi connectivity index (χ2n) is 5.16. The number of nitrogens with zero attached hydrogens (tertiary/aromatic N) is 2. The van der Waals surface area contributed by atoms with E-state index in [2.05, 4.69) is 0 Å². The van der Waals surface area contributed by atoms with Gasteiger partial charge in [0.2, 0.25) is 11.9 Å². The fraction of sp³-hybridized carbons (Fsp3) is 0.917. The number of rotatable bonds is 7. The number of carbonyl (C=O) groups is 1. The smallest absolute Gasteiger partial charge is 0.242 e. The van der Waals surface area contributed by atoms with E-state index in [0.717, 1.165) is 12.8 Å². The quantitative estimate of drug-likeness (QED) is 0.420. The Balaban J connectivity index is 2.63. The first-order valence-electron chi connectivity index (χ1n) is 6.52. The Morgan fingerprint density at radius 3 is 2.61 bits per heavy atom. The third-order valence-electron chi connectivity index (χ3n) is 3.47. The molecule has 6 nitrogen and oxygen atoms in total. The molecule has 0 aromatic carbocycles.